The minimum atomic E-state index is -1.20. The summed E-state index contributed by atoms with van der Waals surface area (Å²) in [6, 6.07) is 0.999. The van der Waals surface area contributed by atoms with Gasteiger partial charge in [-0.1, -0.05) is 13.3 Å². The topological polar surface area (TPSA) is 63.4 Å². The maximum absolute atomic E-state index is 13.8. The molecule has 0 aliphatic carbocycles. The summed E-state index contributed by atoms with van der Waals surface area (Å²) in [4.78, 5) is 26.4. The zero-order chi connectivity index (χ0) is 18.8. The zero-order valence-electron chi connectivity index (χ0n) is 14.9. The van der Waals surface area contributed by atoms with E-state index >= 15 is 0 Å². The molecule has 4 nitrogen and oxygen atoms in total. The van der Waals surface area contributed by atoms with Gasteiger partial charge in [-0.2, -0.15) is 0 Å². The van der Waals surface area contributed by atoms with Crippen LogP contribution in [0.15, 0.2) is 12.1 Å². The number of ketones is 1. The molecular weight excluding hydrogens is 369 g/mol. The number of benzene rings is 1. The van der Waals surface area contributed by atoms with E-state index in [9.17, 15) is 22.8 Å². The first kappa shape index (κ1) is 22.4. The van der Waals surface area contributed by atoms with Crippen LogP contribution in [0, 0.1) is 23.4 Å². The molecule has 8 heteroatoms. The van der Waals surface area contributed by atoms with Crippen LogP contribution in [0.25, 0.3) is 0 Å². The highest BCUT2D eigenvalue weighted by atomic mass is 35.5. The molecule has 0 spiro atoms. The third-order valence-corrected chi connectivity index (χ3v) is 4.66. The highest BCUT2D eigenvalue weighted by Crippen LogP contribution is 2.26. The summed E-state index contributed by atoms with van der Waals surface area (Å²) in [5.41, 5.74) is 4.38. The number of hydrogen-bond acceptors (Lipinski definition) is 3. The second-order valence-electron chi connectivity index (χ2n) is 6.84. The molecule has 1 fully saturated rings. The van der Waals surface area contributed by atoms with Gasteiger partial charge in [-0.05, 0) is 26.2 Å². The van der Waals surface area contributed by atoms with E-state index in [1.807, 2.05) is 6.92 Å². The lowest BCUT2D eigenvalue weighted by molar-refractivity contribution is -0.138. The van der Waals surface area contributed by atoms with Crippen LogP contribution in [-0.2, 0) is 4.79 Å². The summed E-state index contributed by atoms with van der Waals surface area (Å²) in [6.45, 7) is 4.22. The molecular formula is C18H24ClF3N2O2. The number of carbonyl (C=O) groups is 2. The van der Waals surface area contributed by atoms with Gasteiger partial charge < -0.3 is 10.6 Å². The van der Waals surface area contributed by atoms with Crippen molar-refractivity contribution in [3.63, 3.8) is 0 Å². The highest BCUT2D eigenvalue weighted by molar-refractivity contribution is 5.98. The van der Waals surface area contributed by atoms with Crippen molar-refractivity contribution in [1.82, 2.24) is 4.90 Å². The lowest BCUT2D eigenvalue weighted by atomic mass is 9.87. The Morgan fingerprint density at radius 1 is 1.19 bits per heavy atom. The molecule has 2 N–H and O–H groups in total. The van der Waals surface area contributed by atoms with Gasteiger partial charge in [0.05, 0.1) is 11.1 Å². The van der Waals surface area contributed by atoms with Gasteiger partial charge in [-0.15, -0.1) is 12.4 Å². The van der Waals surface area contributed by atoms with Crippen LogP contribution in [0.5, 0.6) is 0 Å². The first-order chi connectivity index (χ1) is 11.7. The Morgan fingerprint density at radius 3 is 2.15 bits per heavy atom. The maximum Gasteiger partial charge on any atom is 0.242 e. The highest BCUT2D eigenvalue weighted by Gasteiger charge is 2.36. The van der Waals surface area contributed by atoms with E-state index in [0.29, 0.717) is 44.5 Å². The fourth-order valence-corrected chi connectivity index (χ4v) is 3.31. The van der Waals surface area contributed by atoms with Crippen molar-refractivity contribution in [3.05, 3.63) is 35.1 Å². The normalized spacial score (nSPS) is 17.4. The Balaban J connectivity index is 0.00000338. The predicted octanol–water partition coefficient (Wildman–Crippen LogP) is 3.46. The van der Waals surface area contributed by atoms with Gasteiger partial charge in [0, 0.05) is 31.1 Å². The van der Waals surface area contributed by atoms with Crippen LogP contribution in [0.4, 0.5) is 13.2 Å². The van der Waals surface area contributed by atoms with Crippen LogP contribution in [0.1, 0.15) is 49.9 Å². The van der Waals surface area contributed by atoms with Gasteiger partial charge in [-0.3, -0.25) is 9.59 Å². The molecule has 1 aliphatic rings. The SMILES string of the molecule is CCCC(C)(N)C(=O)N1CCC(C(=O)c2c(F)cc(F)cc2F)CC1.Cl. The van der Waals surface area contributed by atoms with Crippen molar-refractivity contribution in [3.8, 4) is 0 Å². The van der Waals surface area contributed by atoms with Crippen LogP contribution in [0.3, 0.4) is 0 Å². The molecule has 146 valence electrons. The second kappa shape index (κ2) is 8.86. The zero-order valence-corrected chi connectivity index (χ0v) is 15.7. The molecule has 1 saturated heterocycles. The molecule has 0 bridgehead atoms. The summed E-state index contributed by atoms with van der Waals surface area (Å²) in [6.07, 6.45) is 1.92. The van der Waals surface area contributed by atoms with E-state index in [4.69, 9.17) is 5.73 Å². The number of piperidine rings is 1. The number of rotatable bonds is 5. The molecule has 0 saturated carbocycles. The average molecular weight is 393 g/mol. The first-order valence-corrected chi connectivity index (χ1v) is 8.44. The summed E-state index contributed by atoms with van der Waals surface area (Å²) < 4.78 is 40.5. The molecule has 1 aliphatic heterocycles. The Bertz CT molecular complexity index is 651. The lowest BCUT2D eigenvalue weighted by Crippen LogP contribution is -2.55. The molecule has 1 aromatic carbocycles. The van der Waals surface area contributed by atoms with E-state index < -0.39 is 40.3 Å². The molecule has 1 aromatic rings. The molecule has 0 radical (unpaired) electrons. The van der Waals surface area contributed by atoms with Gasteiger partial charge in [0.2, 0.25) is 5.91 Å². The smallest absolute Gasteiger partial charge is 0.242 e. The number of hydrogen-bond donors (Lipinski definition) is 1. The Labute approximate surface area is 157 Å². The number of likely N-dealkylation sites (tertiary alicyclic amines) is 1. The fraction of sp³-hybridized carbons (Fsp3) is 0.556. The number of carbonyl (C=O) groups excluding carboxylic acids is 2. The van der Waals surface area contributed by atoms with Gasteiger partial charge in [-0.25, -0.2) is 13.2 Å². The number of halogens is 4. The Morgan fingerprint density at radius 2 is 1.69 bits per heavy atom. The standard InChI is InChI=1S/C18H23F3N2O2.ClH/c1-3-6-18(2,22)17(25)23-7-4-11(5-8-23)16(24)15-13(20)9-12(19)10-14(15)21;/h9-11H,3-8,22H2,1-2H3;1H. The number of nitrogens with zero attached hydrogens (tertiary/aromatic N) is 1. The number of Topliss-reactive ketones (excluding diaryl/α,β-unsaturated/α-hetero) is 1. The molecule has 1 unspecified atom stereocenters. The number of nitrogens with two attached hydrogens (primary N) is 1. The van der Waals surface area contributed by atoms with Gasteiger partial charge in [0.1, 0.15) is 17.5 Å². The summed E-state index contributed by atoms with van der Waals surface area (Å²) in [5, 5.41) is 0. The summed E-state index contributed by atoms with van der Waals surface area (Å²) >= 11 is 0. The molecule has 1 heterocycles. The summed E-state index contributed by atoms with van der Waals surface area (Å²) in [5.74, 6) is -4.93. The first-order valence-electron chi connectivity index (χ1n) is 8.44. The lowest BCUT2D eigenvalue weighted by Gasteiger charge is -2.36. The number of amides is 1. The van der Waals surface area contributed by atoms with E-state index in [-0.39, 0.29) is 18.3 Å². The molecule has 1 atom stereocenters. The van der Waals surface area contributed by atoms with E-state index in [1.54, 1.807) is 11.8 Å². The maximum atomic E-state index is 13.8. The van der Waals surface area contributed by atoms with Crippen LogP contribution in [-0.4, -0.2) is 35.2 Å². The third-order valence-electron chi connectivity index (χ3n) is 4.66. The van der Waals surface area contributed by atoms with Crippen LogP contribution in [0.2, 0.25) is 0 Å². The van der Waals surface area contributed by atoms with Crippen molar-refractivity contribution < 1.29 is 22.8 Å². The van der Waals surface area contributed by atoms with Crippen LogP contribution >= 0.6 is 12.4 Å². The quantitative estimate of drug-likeness (QED) is 0.780. The Kier molecular flexibility index (Phi) is 7.65. The second-order valence-corrected chi connectivity index (χ2v) is 6.84. The van der Waals surface area contributed by atoms with E-state index in [1.165, 1.54) is 0 Å². The molecule has 0 aromatic heterocycles. The van der Waals surface area contributed by atoms with Gasteiger partial charge in [0.15, 0.2) is 5.78 Å². The largest absolute Gasteiger partial charge is 0.341 e. The van der Waals surface area contributed by atoms with Gasteiger partial charge in [0.25, 0.3) is 0 Å². The van der Waals surface area contributed by atoms with Crippen molar-refractivity contribution in [1.29, 1.82) is 0 Å². The minimum Gasteiger partial charge on any atom is -0.341 e. The fourth-order valence-electron chi connectivity index (χ4n) is 3.31. The minimum absolute atomic E-state index is 0. The molecule has 26 heavy (non-hydrogen) atoms. The predicted molar refractivity (Wildman–Crippen MR) is 94.7 cm³/mol. The Hall–Kier alpha value is -1.60. The van der Waals surface area contributed by atoms with Crippen molar-refractivity contribution >= 4 is 24.1 Å². The van der Waals surface area contributed by atoms with Crippen molar-refractivity contribution in [2.45, 2.75) is 45.1 Å². The van der Waals surface area contributed by atoms with Crippen LogP contribution < -0.4 is 5.73 Å². The third kappa shape index (κ3) is 4.76. The van der Waals surface area contributed by atoms with E-state index in [0.717, 1.165) is 6.42 Å². The van der Waals surface area contributed by atoms with Crippen molar-refractivity contribution in [2.24, 2.45) is 11.7 Å². The monoisotopic (exact) mass is 392 g/mol. The van der Waals surface area contributed by atoms with E-state index in [2.05, 4.69) is 0 Å². The summed E-state index contributed by atoms with van der Waals surface area (Å²) in [7, 11) is 0. The van der Waals surface area contributed by atoms with Crippen molar-refractivity contribution in [2.75, 3.05) is 13.1 Å². The van der Waals surface area contributed by atoms with Gasteiger partial charge >= 0.3 is 0 Å². The molecule has 2 rings (SSSR count). The molecule has 1 amide bonds. The average Bonchev–Trinajstić information content (AvgIpc) is 2.53.